The average Bonchev–Trinajstić information content (AvgIpc) is 2.95. The Kier molecular flexibility index (Phi) is 4.43. The highest BCUT2D eigenvalue weighted by atomic mass is 32.2. The minimum atomic E-state index is -0.535. The van der Waals surface area contributed by atoms with Gasteiger partial charge < -0.3 is 9.88 Å². The molecule has 3 rings (SSSR count). The van der Waals surface area contributed by atoms with Crippen molar-refractivity contribution in [1.82, 2.24) is 9.55 Å². The van der Waals surface area contributed by atoms with Crippen LogP contribution in [-0.4, -0.2) is 15.5 Å². The van der Waals surface area contributed by atoms with Crippen molar-refractivity contribution in [3.8, 4) is 0 Å². The Morgan fingerprint density at radius 1 is 1.17 bits per heavy atom. The van der Waals surface area contributed by atoms with E-state index in [1.165, 1.54) is 23.9 Å². The van der Waals surface area contributed by atoms with E-state index in [9.17, 15) is 9.18 Å². The highest BCUT2D eigenvalue weighted by Gasteiger charge is 2.11. The molecule has 0 bridgehead atoms. The molecule has 1 N–H and O–H groups in total. The van der Waals surface area contributed by atoms with Gasteiger partial charge in [-0.1, -0.05) is 23.9 Å². The molecule has 3 aromatic rings. The Labute approximate surface area is 137 Å². The number of benzene rings is 2. The summed E-state index contributed by atoms with van der Waals surface area (Å²) < 4.78 is 15.5. The molecule has 0 saturated carbocycles. The summed E-state index contributed by atoms with van der Waals surface area (Å²) in [7, 11) is 1.93. The minimum Gasteiger partial charge on any atom is -0.329 e. The number of imidazole rings is 1. The van der Waals surface area contributed by atoms with E-state index in [2.05, 4.69) is 10.3 Å². The van der Waals surface area contributed by atoms with Crippen LogP contribution in [0.15, 0.2) is 71.0 Å². The van der Waals surface area contributed by atoms with Crippen LogP contribution in [0.3, 0.4) is 0 Å². The van der Waals surface area contributed by atoms with Crippen molar-refractivity contribution >= 4 is 23.4 Å². The average molecular weight is 327 g/mol. The van der Waals surface area contributed by atoms with E-state index in [0.717, 1.165) is 10.1 Å². The summed E-state index contributed by atoms with van der Waals surface area (Å²) in [5.41, 5.74) is 0.640. The molecule has 116 valence electrons. The second-order valence-corrected chi connectivity index (χ2v) is 5.92. The second-order valence-electron chi connectivity index (χ2n) is 4.88. The smallest absolute Gasteiger partial charge is 0.258 e. The normalized spacial score (nSPS) is 10.5. The molecule has 0 unspecified atom stereocenters. The Morgan fingerprint density at radius 2 is 1.91 bits per heavy atom. The first kappa shape index (κ1) is 15.3. The maximum atomic E-state index is 13.6. The van der Waals surface area contributed by atoms with Crippen molar-refractivity contribution in [2.45, 2.75) is 10.1 Å². The molecule has 0 atom stereocenters. The van der Waals surface area contributed by atoms with Gasteiger partial charge in [-0.2, -0.15) is 0 Å². The molecule has 0 spiro atoms. The molecule has 1 heterocycles. The van der Waals surface area contributed by atoms with E-state index < -0.39 is 11.7 Å². The van der Waals surface area contributed by atoms with E-state index in [-0.39, 0.29) is 5.56 Å². The zero-order valence-corrected chi connectivity index (χ0v) is 13.2. The predicted octanol–water partition coefficient (Wildman–Crippen LogP) is 3.96. The monoisotopic (exact) mass is 327 g/mol. The summed E-state index contributed by atoms with van der Waals surface area (Å²) in [6.07, 6.45) is 3.62. The number of carbonyl (C=O) groups is 1. The van der Waals surface area contributed by atoms with Crippen LogP contribution in [-0.2, 0) is 7.05 Å². The van der Waals surface area contributed by atoms with Crippen LogP contribution in [0.1, 0.15) is 10.4 Å². The molecule has 0 saturated heterocycles. The van der Waals surface area contributed by atoms with Gasteiger partial charge in [-0.05, 0) is 36.4 Å². The molecule has 0 radical (unpaired) electrons. The van der Waals surface area contributed by atoms with Crippen LogP contribution in [0.5, 0.6) is 0 Å². The Balaban J connectivity index is 1.69. The second kappa shape index (κ2) is 6.66. The molecule has 4 nitrogen and oxygen atoms in total. The largest absolute Gasteiger partial charge is 0.329 e. The highest BCUT2D eigenvalue weighted by molar-refractivity contribution is 7.99. The van der Waals surface area contributed by atoms with E-state index in [1.54, 1.807) is 30.5 Å². The lowest BCUT2D eigenvalue weighted by atomic mass is 10.2. The number of amides is 1. The van der Waals surface area contributed by atoms with E-state index in [4.69, 9.17) is 0 Å². The van der Waals surface area contributed by atoms with Crippen molar-refractivity contribution in [2.75, 3.05) is 5.32 Å². The summed E-state index contributed by atoms with van der Waals surface area (Å²) in [5.74, 6) is -1.00. The van der Waals surface area contributed by atoms with E-state index in [0.29, 0.717) is 5.69 Å². The summed E-state index contributed by atoms with van der Waals surface area (Å²) in [5, 5.41) is 3.57. The molecule has 1 aromatic heterocycles. The Bertz CT molecular complexity index is 830. The molecular formula is C17H14FN3OS. The number of hydrogen-bond acceptors (Lipinski definition) is 3. The topological polar surface area (TPSA) is 46.9 Å². The fourth-order valence-electron chi connectivity index (χ4n) is 2.01. The van der Waals surface area contributed by atoms with E-state index >= 15 is 0 Å². The molecule has 1 amide bonds. The van der Waals surface area contributed by atoms with Gasteiger partial charge in [0.1, 0.15) is 5.82 Å². The van der Waals surface area contributed by atoms with Crippen LogP contribution in [0, 0.1) is 5.82 Å². The number of nitrogens with zero attached hydrogens (tertiary/aromatic N) is 2. The van der Waals surface area contributed by atoms with Gasteiger partial charge in [0.25, 0.3) is 5.91 Å². The summed E-state index contributed by atoms with van der Waals surface area (Å²) >= 11 is 1.53. The van der Waals surface area contributed by atoms with Crippen LogP contribution in [0.25, 0.3) is 0 Å². The lowest BCUT2D eigenvalue weighted by molar-refractivity contribution is 0.102. The van der Waals surface area contributed by atoms with Gasteiger partial charge in [0.05, 0.1) is 5.56 Å². The highest BCUT2D eigenvalue weighted by Crippen LogP contribution is 2.26. The number of carbonyl (C=O) groups excluding carboxylic acids is 1. The van der Waals surface area contributed by atoms with Crippen LogP contribution in [0.4, 0.5) is 10.1 Å². The lowest BCUT2D eigenvalue weighted by Crippen LogP contribution is -2.13. The fraction of sp³-hybridized carbons (Fsp3) is 0.0588. The van der Waals surface area contributed by atoms with Gasteiger partial charge in [0.2, 0.25) is 0 Å². The number of halogens is 1. The number of hydrogen-bond donors (Lipinski definition) is 1. The standard InChI is InChI=1S/C17H14FN3OS/c1-21-11-10-19-17(21)23-13-8-6-12(7-9-13)20-16(22)14-4-2-3-5-15(14)18/h2-11H,1H3,(H,20,22). The van der Waals surface area contributed by atoms with Gasteiger partial charge in [0.15, 0.2) is 5.16 Å². The summed E-state index contributed by atoms with van der Waals surface area (Å²) in [6.45, 7) is 0. The minimum absolute atomic E-state index is 0.0268. The third-order valence-corrected chi connectivity index (χ3v) is 4.30. The first-order chi connectivity index (χ1) is 11.1. The third kappa shape index (κ3) is 3.60. The van der Waals surface area contributed by atoms with Gasteiger partial charge >= 0.3 is 0 Å². The number of anilines is 1. The number of aryl methyl sites for hydroxylation is 1. The van der Waals surface area contributed by atoms with Crippen molar-refractivity contribution in [2.24, 2.45) is 7.05 Å². The van der Waals surface area contributed by atoms with Crippen molar-refractivity contribution in [3.63, 3.8) is 0 Å². The van der Waals surface area contributed by atoms with Crippen molar-refractivity contribution < 1.29 is 9.18 Å². The van der Waals surface area contributed by atoms with Crippen molar-refractivity contribution in [3.05, 3.63) is 72.3 Å². The first-order valence-corrected chi connectivity index (χ1v) is 7.76. The lowest BCUT2D eigenvalue weighted by Gasteiger charge is -2.07. The summed E-state index contributed by atoms with van der Waals surface area (Å²) in [6, 6.07) is 13.2. The Morgan fingerprint density at radius 3 is 2.57 bits per heavy atom. The molecule has 0 aliphatic heterocycles. The van der Waals surface area contributed by atoms with Gasteiger partial charge in [-0.3, -0.25) is 4.79 Å². The predicted molar refractivity (Wildman–Crippen MR) is 88.1 cm³/mol. The van der Waals surface area contributed by atoms with Crippen LogP contribution in [0.2, 0.25) is 0 Å². The maximum Gasteiger partial charge on any atom is 0.258 e. The van der Waals surface area contributed by atoms with Gasteiger partial charge in [-0.15, -0.1) is 0 Å². The first-order valence-electron chi connectivity index (χ1n) is 6.94. The number of nitrogens with one attached hydrogen (secondary N) is 1. The molecule has 0 aliphatic carbocycles. The van der Waals surface area contributed by atoms with Crippen LogP contribution < -0.4 is 5.32 Å². The summed E-state index contributed by atoms with van der Waals surface area (Å²) in [4.78, 5) is 17.3. The fourth-order valence-corrected chi connectivity index (χ4v) is 2.81. The SMILES string of the molecule is Cn1ccnc1Sc1ccc(NC(=O)c2ccccc2F)cc1. The third-order valence-electron chi connectivity index (χ3n) is 3.22. The molecule has 23 heavy (non-hydrogen) atoms. The molecular weight excluding hydrogens is 313 g/mol. The molecule has 6 heteroatoms. The van der Waals surface area contributed by atoms with Crippen LogP contribution >= 0.6 is 11.8 Å². The quantitative estimate of drug-likeness (QED) is 0.789. The van der Waals surface area contributed by atoms with Gasteiger partial charge in [0, 0.05) is 30.0 Å². The Hall–Kier alpha value is -2.60. The van der Waals surface area contributed by atoms with Crippen molar-refractivity contribution in [1.29, 1.82) is 0 Å². The number of aromatic nitrogens is 2. The molecule has 2 aromatic carbocycles. The maximum absolute atomic E-state index is 13.6. The van der Waals surface area contributed by atoms with Gasteiger partial charge in [-0.25, -0.2) is 9.37 Å². The zero-order valence-electron chi connectivity index (χ0n) is 12.4. The number of rotatable bonds is 4. The molecule has 0 fully saturated rings. The zero-order chi connectivity index (χ0) is 16.2. The molecule has 0 aliphatic rings. The van der Waals surface area contributed by atoms with E-state index in [1.807, 2.05) is 29.9 Å².